The van der Waals surface area contributed by atoms with Gasteiger partial charge in [-0.25, -0.2) is 19.3 Å². The van der Waals surface area contributed by atoms with Crippen LogP contribution >= 0.6 is 0 Å². The summed E-state index contributed by atoms with van der Waals surface area (Å²) in [5, 5.41) is 16.6. The van der Waals surface area contributed by atoms with E-state index in [-0.39, 0.29) is 36.2 Å². The zero-order valence-corrected chi connectivity index (χ0v) is 36.0. The van der Waals surface area contributed by atoms with Crippen LogP contribution in [0.2, 0.25) is 0 Å². The number of piperidine rings is 2. The number of fused-ring (bicyclic) bond motifs is 3. The summed E-state index contributed by atoms with van der Waals surface area (Å²) in [7, 11) is 0. The predicted molar refractivity (Wildman–Crippen MR) is 242 cm³/mol. The molecule has 3 fully saturated rings. The van der Waals surface area contributed by atoms with Crippen molar-refractivity contribution >= 4 is 51.8 Å². The average molecular weight is 854 g/mol. The molecule has 0 spiro atoms. The number of aliphatic hydroxyl groups is 1. The molecule has 16 nitrogen and oxygen atoms in total. The van der Waals surface area contributed by atoms with Crippen LogP contribution in [0.1, 0.15) is 79.2 Å². The van der Waals surface area contributed by atoms with Crippen molar-refractivity contribution in [3.63, 3.8) is 0 Å². The fraction of sp³-hybridized carbons (Fsp3) is 0.426. The van der Waals surface area contributed by atoms with E-state index in [1.165, 1.54) is 10.4 Å². The van der Waals surface area contributed by atoms with Crippen LogP contribution in [0.5, 0.6) is 0 Å². The van der Waals surface area contributed by atoms with E-state index in [9.17, 15) is 24.3 Å². The van der Waals surface area contributed by atoms with Gasteiger partial charge in [0, 0.05) is 87.6 Å². The summed E-state index contributed by atoms with van der Waals surface area (Å²) in [4.78, 5) is 73.7. The van der Waals surface area contributed by atoms with Gasteiger partial charge in [-0.2, -0.15) is 4.98 Å². The lowest BCUT2D eigenvalue weighted by Crippen LogP contribution is -2.52. The maximum atomic E-state index is 13.4. The molecule has 4 aliphatic heterocycles. The van der Waals surface area contributed by atoms with Gasteiger partial charge in [-0.15, -0.1) is 6.58 Å². The molecule has 0 saturated carbocycles. The summed E-state index contributed by atoms with van der Waals surface area (Å²) in [6.45, 7) is 15.4. The summed E-state index contributed by atoms with van der Waals surface area (Å²) in [6, 6.07) is 17.5. The van der Waals surface area contributed by atoms with E-state index in [0.717, 1.165) is 87.6 Å². The van der Waals surface area contributed by atoms with Gasteiger partial charge in [0.15, 0.2) is 11.5 Å². The number of amides is 3. The summed E-state index contributed by atoms with van der Waals surface area (Å²) < 4.78 is 3.22. The minimum Gasteiger partial charge on any atom is -0.387 e. The van der Waals surface area contributed by atoms with Crippen LogP contribution < -0.4 is 26.0 Å². The summed E-state index contributed by atoms with van der Waals surface area (Å²) >= 11 is 0. The maximum absolute atomic E-state index is 13.4. The van der Waals surface area contributed by atoms with E-state index in [0.29, 0.717) is 59.4 Å². The monoisotopic (exact) mass is 853 g/mol. The summed E-state index contributed by atoms with van der Waals surface area (Å²) in [6.07, 6.45) is 6.84. The number of hydrogen-bond acceptors (Lipinski definition) is 12. The predicted octanol–water partition coefficient (Wildman–Crippen LogP) is 4.71. The molecule has 16 heteroatoms. The molecule has 0 radical (unpaired) electrons. The second-order valence-electron chi connectivity index (χ2n) is 16.8. The Morgan fingerprint density at radius 1 is 0.841 bits per heavy atom. The number of pyridine rings is 1. The number of carbonyl (C=O) groups is 3. The first-order valence-electron chi connectivity index (χ1n) is 22.4. The largest absolute Gasteiger partial charge is 0.387 e. The average Bonchev–Trinajstić information content (AvgIpc) is 3.94. The van der Waals surface area contributed by atoms with Crippen LogP contribution in [-0.4, -0.2) is 109 Å². The van der Waals surface area contributed by atoms with Crippen molar-refractivity contribution in [3.05, 3.63) is 106 Å². The Bertz CT molecular complexity index is 2610. The molecule has 3 saturated heterocycles. The lowest BCUT2D eigenvalue weighted by Gasteiger charge is -2.40. The van der Waals surface area contributed by atoms with Crippen molar-refractivity contribution in [2.24, 2.45) is 5.92 Å². The first-order chi connectivity index (χ1) is 30.7. The van der Waals surface area contributed by atoms with Crippen molar-refractivity contribution in [3.8, 4) is 5.82 Å². The van der Waals surface area contributed by atoms with E-state index in [2.05, 4.69) is 55.1 Å². The number of hydrogen-bond donors (Lipinski definition) is 3. The molecule has 0 bridgehead atoms. The number of aliphatic hydroxyl groups excluding tert-OH is 1. The van der Waals surface area contributed by atoms with Crippen molar-refractivity contribution < 1.29 is 19.5 Å². The summed E-state index contributed by atoms with van der Waals surface area (Å²) in [5.74, 6) is 0.690. The highest BCUT2D eigenvalue weighted by Gasteiger charge is 2.39. The second kappa shape index (κ2) is 17.8. The third-order valence-corrected chi connectivity index (χ3v) is 13.1. The van der Waals surface area contributed by atoms with Gasteiger partial charge in [0.25, 0.3) is 11.5 Å². The van der Waals surface area contributed by atoms with Crippen LogP contribution in [-0.2, 0) is 29.1 Å². The van der Waals surface area contributed by atoms with E-state index in [1.807, 2.05) is 50.2 Å². The van der Waals surface area contributed by atoms with E-state index in [1.54, 1.807) is 21.9 Å². The molecule has 2 aromatic carbocycles. The lowest BCUT2D eigenvalue weighted by molar-refractivity contribution is -0.136. The Morgan fingerprint density at radius 3 is 2.33 bits per heavy atom. The number of benzene rings is 2. The third-order valence-electron chi connectivity index (χ3n) is 13.1. The highest BCUT2D eigenvalue weighted by Crippen LogP contribution is 2.33. The molecule has 3 N–H and O–H groups in total. The van der Waals surface area contributed by atoms with Crippen molar-refractivity contribution in [2.45, 2.75) is 77.6 Å². The minimum absolute atomic E-state index is 0.139. The number of nitrogens with one attached hydrogen (secondary N) is 2. The fourth-order valence-corrected chi connectivity index (χ4v) is 9.72. The molecule has 1 aliphatic carbocycles. The van der Waals surface area contributed by atoms with Gasteiger partial charge in [0.05, 0.1) is 18.3 Å². The number of imide groups is 1. The van der Waals surface area contributed by atoms with Crippen LogP contribution in [0.3, 0.4) is 0 Å². The molecule has 5 aromatic rings. The lowest BCUT2D eigenvalue weighted by atomic mass is 9.95. The molecular weight excluding hydrogens is 799 g/mol. The Kier molecular flexibility index (Phi) is 11.8. The standard InChI is InChI=1S/C45H49N11O5.C2H6/c1-2-17-55-44(61)35-25-46-45(50-41(35)56(55)38-13-4-29-3-12-37(57)40(29)48-38)47-31-5-7-32(8-6-31)52-18-15-28(16-19-52)26-51-20-22-53(23-21-51)33-9-10-34-30(24-33)27-54(43(34)60)36-11-14-39(58)49-42(36)59;1-2/h2,4-10,13,24-25,28,36-37,57H,1,3,11-12,14-23,26-27H2,(H,46,47,50)(H,49,58,59);1-2H3. The number of carbonyl (C=O) groups excluding carboxylic acids is 3. The van der Waals surface area contributed by atoms with Crippen LogP contribution in [0.25, 0.3) is 16.9 Å². The van der Waals surface area contributed by atoms with Crippen molar-refractivity contribution in [1.29, 1.82) is 0 Å². The molecule has 2 atom stereocenters. The zero-order valence-electron chi connectivity index (χ0n) is 36.0. The van der Waals surface area contributed by atoms with E-state index in [4.69, 9.17) is 9.97 Å². The van der Waals surface area contributed by atoms with Gasteiger partial charge < -0.3 is 25.1 Å². The van der Waals surface area contributed by atoms with E-state index < -0.39 is 12.1 Å². The Labute approximate surface area is 366 Å². The topological polar surface area (TPSA) is 174 Å². The third kappa shape index (κ3) is 8.20. The Hall–Kier alpha value is -6.39. The number of aryl methyl sites for hydroxylation is 1. The van der Waals surface area contributed by atoms with Gasteiger partial charge in [-0.1, -0.05) is 26.0 Å². The fourth-order valence-electron chi connectivity index (χ4n) is 9.72. The number of nitrogens with zero attached hydrogens (tertiary/aromatic N) is 9. The van der Waals surface area contributed by atoms with Gasteiger partial charge in [0.1, 0.15) is 11.4 Å². The molecule has 63 heavy (non-hydrogen) atoms. The Morgan fingerprint density at radius 2 is 1.59 bits per heavy atom. The quantitative estimate of drug-likeness (QED) is 0.131. The SMILES string of the molecule is C=CCn1c(=O)c2cnc(Nc3ccc(N4CCC(CN5CCN(c6ccc7c(c6)CN(C6CCC(=O)NC6=O)C7=O)CC5)CC4)cc3)nc2n1-c1ccc2c(n1)C(O)CC2.CC. The normalized spacial score (nSPS) is 20.4. The number of allylic oxidation sites excluding steroid dienone is 1. The summed E-state index contributed by atoms with van der Waals surface area (Å²) in [5.41, 5.74) is 6.53. The molecule has 5 aliphatic rings. The molecule has 2 unspecified atom stereocenters. The maximum Gasteiger partial charge on any atom is 0.278 e. The second-order valence-corrected chi connectivity index (χ2v) is 16.8. The van der Waals surface area contributed by atoms with Gasteiger partial charge in [-0.3, -0.25) is 29.4 Å². The molecular formula is C47H55N11O5. The first-order valence-corrected chi connectivity index (χ1v) is 22.4. The van der Waals surface area contributed by atoms with Gasteiger partial charge in [-0.05, 0) is 97.7 Å². The molecule has 7 heterocycles. The highest BCUT2D eigenvalue weighted by atomic mass is 16.3. The van der Waals surface area contributed by atoms with Crippen LogP contribution in [0.4, 0.5) is 23.0 Å². The highest BCUT2D eigenvalue weighted by molar-refractivity contribution is 6.05. The van der Waals surface area contributed by atoms with Gasteiger partial charge in [0.2, 0.25) is 17.8 Å². The van der Waals surface area contributed by atoms with E-state index >= 15 is 0 Å². The Balaban J connectivity index is 0.00000249. The smallest absolute Gasteiger partial charge is 0.278 e. The van der Waals surface area contributed by atoms with Crippen molar-refractivity contribution in [1.82, 2.24) is 39.4 Å². The van der Waals surface area contributed by atoms with Crippen LogP contribution in [0.15, 0.2) is 78.2 Å². The molecule has 10 rings (SSSR count). The minimum atomic E-state index is -0.629. The number of anilines is 4. The van der Waals surface area contributed by atoms with Crippen molar-refractivity contribution in [2.75, 3.05) is 60.9 Å². The molecule has 328 valence electrons. The number of rotatable bonds is 10. The molecule has 3 aromatic heterocycles. The number of aromatic nitrogens is 5. The molecule has 3 amide bonds. The number of piperazine rings is 1. The van der Waals surface area contributed by atoms with Gasteiger partial charge >= 0.3 is 0 Å². The zero-order chi connectivity index (χ0) is 43.8. The first kappa shape index (κ1) is 41.9. The van der Waals surface area contributed by atoms with Crippen LogP contribution in [0, 0.1) is 5.92 Å².